The number of methoxy groups -OCH3 is 1. The van der Waals surface area contributed by atoms with Crippen molar-refractivity contribution in [3.05, 3.63) is 63.4 Å². The molecule has 0 saturated carbocycles. The first-order valence-corrected chi connectivity index (χ1v) is 6.78. The Labute approximate surface area is 127 Å². The molecule has 106 valence electrons. The number of rotatable bonds is 4. The Hall–Kier alpha value is -1.29. The van der Waals surface area contributed by atoms with Crippen molar-refractivity contribution in [2.45, 2.75) is 6.04 Å². The zero-order valence-electron chi connectivity index (χ0n) is 11.1. The van der Waals surface area contributed by atoms with E-state index in [-0.39, 0.29) is 11.9 Å². The van der Waals surface area contributed by atoms with Gasteiger partial charge in [0.1, 0.15) is 11.6 Å². The van der Waals surface area contributed by atoms with Gasteiger partial charge < -0.3 is 10.1 Å². The molecule has 2 aromatic carbocycles. The van der Waals surface area contributed by atoms with Gasteiger partial charge in [-0.1, -0.05) is 35.3 Å². The van der Waals surface area contributed by atoms with Crippen LogP contribution in [0.2, 0.25) is 10.0 Å². The molecular weight excluding hydrogens is 300 g/mol. The van der Waals surface area contributed by atoms with Crippen LogP contribution in [-0.2, 0) is 0 Å². The molecule has 1 atom stereocenters. The van der Waals surface area contributed by atoms with Crippen molar-refractivity contribution in [1.82, 2.24) is 5.32 Å². The third kappa shape index (κ3) is 2.90. The lowest BCUT2D eigenvalue weighted by Gasteiger charge is -2.21. The van der Waals surface area contributed by atoms with Gasteiger partial charge in [0, 0.05) is 0 Å². The molecule has 0 bridgehead atoms. The molecule has 2 rings (SSSR count). The van der Waals surface area contributed by atoms with Crippen LogP contribution in [0.25, 0.3) is 0 Å². The van der Waals surface area contributed by atoms with E-state index in [1.165, 1.54) is 13.2 Å². The highest BCUT2D eigenvalue weighted by Crippen LogP contribution is 2.34. The maximum Gasteiger partial charge on any atom is 0.132 e. The first-order chi connectivity index (χ1) is 9.58. The summed E-state index contributed by atoms with van der Waals surface area (Å²) >= 11 is 11.9. The second-order valence-electron chi connectivity index (χ2n) is 4.25. The fourth-order valence-electron chi connectivity index (χ4n) is 2.15. The van der Waals surface area contributed by atoms with Crippen LogP contribution in [0.5, 0.6) is 5.75 Å². The van der Waals surface area contributed by atoms with Gasteiger partial charge in [0.05, 0.1) is 28.8 Å². The quantitative estimate of drug-likeness (QED) is 0.900. The third-order valence-electron chi connectivity index (χ3n) is 3.09. The number of halogens is 3. The van der Waals surface area contributed by atoms with E-state index in [1.807, 2.05) is 0 Å². The topological polar surface area (TPSA) is 21.3 Å². The van der Waals surface area contributed by atoms with Crippen molar-refractivity contribution in [3.63, 3.8) is 0 Å². The molecular formula is C15H14Cl2FNO. The van der Waals surface area contributed by atoms with Gasteiger partial charge in [-0.15, -0.1) is 0 Å². The van der Waals surface area contributed by atoms with Crippen LogP contribution in [0.15, 0.2) is 36.4 Å². The summed E-state index contributed by atoms with van der Waals surface area (Å²) in [6.45, 7) is 0. The summed E-state index contributed by atoms with van der Waals surface area (Å²) in [5, 5.41) is 3.97. The van der Waals surface area contributed by atoms with Gasteiger partial charge in [-0.25, -0.2) is 4.39 Å². The summed E-state index contributed by atoms with van der Waals surface area (Å²) in [5.41, 5.74) is 1.25. The zero-order valence-corrected chi connectivity index (χ0v) is 12.6. The number of benzene rings is 2. The molecule has 0 aliphatic heterocycles. The first kappa shape index (κ1) is 15.1. The lowest BCUT2D eigenvalue weighted by Crippen LogP contribution is -2.19. The van der Waals surface area contributed by atoms with Crippen molar-refractivity contribution in [3.8, 4) is 5.75 Å². The van der Waals surface area contributed by atoms with Gasteiger partial charge in [0.25, 0.3) is 0 Å². The third-order valence-corrected chi connectivity index (χ3v) is 3.83. The molecule has 0 spiro atoms. The monoisotopic (exact) mass is 313 g/mol. The lowest BCUT2D eigenvalue weighted by atomic mass is 9.97. The summed E-state index contributed by atoms with van der Waals surface area (Å²) in [5.74, 6) is 0.144. The molecule has 2 nitrogen and oxygen atoms in total. The van der Waals surface area contributed by atoms with Crippen LogP contribution in [-0.4, -0.2) is 14.2 Å². The number of hydrogen-bond acceptors (Lipinski definition) is 2. The summed E-state index contributed by atoms with van der Waals surface area (Å²) in [6, 6.07) is 9.58. The normalized spacial score (nSPS) is 12.2. The van der Waals surface area contributed by atoms with Crippen molar-refractivity contribution in [1.29, 1.82) is 0 Å². The summed E-state index contributed by atoms with van der Waals surface area (Å²) in [4.78, 5) is 0. The standard InChI is InChI=1S/C15H14Cl2FNO/c1-19-15(9-6-7-10(16)11(17)8-9)14-12(18)4-3-5-13(14)20-2/h3-8,15,19H,1-2H3. The molecule has 20 heavy (non-hydrogen) atoms. The Bertz CT molecular complexity index is 619. The van der Waals surface area contributed by atoms with Crippen molar-refractivity contribution in [2.75, 3.05) is 14.2 Å². The van der Waals surface area contributed by atoms with Crippen molar-refractivity contribution < 1.29 is 9.13 Å². The second-order valence-corrected chi connectivity index (χ2v) is 5.07. The zero-order chi connectivity index (χ0) is 14.7. The van der Waals surface area contributed by atoms with Gasteiger partial charge in [-0.3, -0.25) is 0 Å². The Kier molecular flexibility index (Phi) is 4.86. The molecule has 0 aliphatic carbocycles. The highest BCUT2D eigenvalue weighted by molar-refractivity contribution is 6.42. The molecule has 0 heterocycles. The van der Waals surface area contributed by atoms with E-state index in [4.69, 9.17) is 27.9 Å². The molecule has 0 saturated heterocycles. The number of ether oxygens (including phenoxy) is 1. The van der Waals surface area contributed by atoms with Crippen LogP contribution in [0, 0.1) is 5.82 Å². The fraction of sp³-hybridized carbons (Fsp3) is 0.200. The minimum atomic E-state index is -0.374. The Morgan fingerprint density at radius 2 is 1.90 bits per heavy atom. The van der Waals surface area contributed by atoms with Crippen LogP contribution >= 0.6 is 23.2 Å². The molecule has 0 aliphatic rings. The van der Waals surface area contributed by atoms with E-state index in [2.05, 4.69) is 5.32 Å². The van der Waals surface area contributed by atoms with Crippen LogP contribution in [0.1, 0.15) is 17.2 Å². The molecule has 1 unspecified atom stereocenters. The van der Waals surface area contributed by atoms with E-state index in [0.29, 0.717) is 21.4 Å². The summed E-state index contributed by atoms with van der Waals surface area (Å²) in [7, 11) is 3.26. The first-order valence-electron chi connectivity index (χ1n) is 6.03. The fourth-order valence-corrected chi connectivity index (χ4v) is 2.45. The molecule has 0 aromatic heterocycles. The second kappa shape index (κ2) is 6.44. The Balaban J connectivity index is 2.55. The van der Waals surface area contributed by atoms with Crippen molar-refractivity contribution >= 4 is 23.2 Å². The van der Waals surface area contributed by atoms with E-state index in [1.54, 1.807) is 37.4 Å². The van der Waals surface area contributed by atoms with Crippen LogP contribution in [0.4, 0.5) is 4.39 Å². The molecule has 0 fully saturated rings. The predicted molar refractivity (Wildman–Crippen MR) is 80.3 cm³/mol. The van der Waals surface area contributed by atoms with E-state index in [0.717, 1.165) is 5.56 Å². The molecule has 0 amide bonds. The largest absolute Gasteiger partial charge is 0.496 e. The smallest absolute Gasteiger partial charge is 0.132 e. The van der Waals surface area contributed by atoms with E-state index < -0.39 is 0 Å². The van der Waals surface area contributed by atoms with Gasteiger partial charge >= 0.3 is 0 Å². The highest BCUT2D eigenvalue weighted by Gasteiger charge is 2.21. The van der Waals surface area contributed by atoms with Gasteiger partial charge in [0.15, 0.2) is 0 Å². The SMILES string of the molecule is CNC(c1ccc(Cl)c(Cl)c1)c1c(F)cccc1OC. The van der Waals surface area contributed by atoms with E-state index in [9.17, 15) is 4.39 Å². The number of hydrogen-bond donors (Lipinski definition) is 1. The maximum absolute atomic E-state index is 14.2. The summed E-state index contributed by atoms with van der Waals surface area (Å²) < 4.78 is 19.4. The van der Waals surface area contributed by atoms with E-state index >= 15 is 0 Å². The predicted octanol–water partition coefficient (Wildman–Crippen LogP) is 4.45. The minimum Gasteiger partial charge on any atom is -0.496 e. The lowest BCUT2D eigenvalue weighted by molar-refractivity contribution is 0.398. The molecule has 5 heteroatoms. The maximum atomic E-state index is 14.2. The Morgan fingerprint density at radius 3 is 2.50 bits per heavy atom. The summed E-state index contributed by atoms with van der Waals surface area (Å²) in [6.07, 6.45) is 0. The molecule has 0 radical (unpaired) electrons. The van der Waals surface area contributed by atoms with Crippen LogP contribution in [0.3, 0.4) is 0 Å². The van der Waals surface area contributed by atoms with Gasteiger partial charge in [-0.2, -0.15) is 0 Å². The van der Waals surface area contributed by atoms with Gasteiger partial charge in [-0.05, 0) is 36.9 Å². The van der Waals surface area contributed by atoms with Crippen molar-refractivity contribution in [2.24, 2.45) is 0 Å². The Morgan fingerprint density at radius 1 is 1.15 bits per heavy atom. The molecule has 1 N–H and O–H groups in total. The van der Waals surface area contributed by atoms with Crippen LogP contribution < -0.4 is 10.1 Å². The average molecular weight is 314 g/mol. The highest BCUT2D eigenvalue weighted by atomic mass is 35.5. The number of nitrogens with one attached hydrogen (secondary N) is 1. The minimum absolute atomic E-state index is 0.338. The van der Waals surface area contributed by atoms with Gasteiger partial charge in [0.2, 0.25) is 0 Å². The average Bonchev–Trinajstić information content (AvgIpc) is 2.45. The molecule has 2 aromatic rings.